The first-order valence-electron chi connectivity index (χ1n) is 8.17. The van der Waals surface area contributed by atoms with Crippen molar-refractivity contribution in [2.24, 2.45) is 0 Å². The van der Waals surface area contributed by atoms with Crippen LogP contribution >= 0.6 is 11.8 Å². The Morgan fingerprint density at radius 3 is 2.46 bits per heavy atom. The lowest BCUT2D eigenvalue weighted by atomic mass is 10.2. The molecule has 0 aliphatic rings. The average Bonchev–Trinajstić information content (AvgIpc) is 2.69. The van der Waals surface area contributed by atoms with Gasteiger partial charge in [0.2, 0.25) is 0 Å². The van der Waals surface area contributed by atoms with Gasteiger partial charge in [-0.25, -0.2) is 4.98 Å². The summed E-state index contributed by atoms with van der Waals surface area (Å²) in [6.07, 6.45) is 1.71. The summed E-state index contributed by atoms with van der Waals surface area (Å²) in [6, 6.07) is 20.1. The van der Waals surface area contributed by atoms with E-state index in [1.54, 1.807) is 36.5 Å². The van der Waals surface area contributed by atoms with Gasteiger partial charge in [-0.1, -0.05) is 42.5 Å². The van der Waals surface area contributed by atoms with Crippen molar-refractivity contribution >= 4 is 29.3 Å². The lowest BCUT2D eigenvalue weighted by Gasteiger charge is -2.07. The molecule has 0 bridgehead atoms. The first kappa shape index (κ1) is 17.9. The van der Waals surface area contributed by atoms with Crippen LogP contribution in [0.5, 0.6) is 0 Å². The molecule has 3 rings (SSSR count). The number of benzene rings is 2. The molecule has 0 radical (unpaired) electrons. The Bertz CT molecular complexity index is 909. The summed E-state index contributed by atoms with van der Waals surface area (Å²) in [5.74, 6) is 0.680. The molecule has 1 heterocycles. The van der Waals surface area contributed by atoms with Gasteiger partial charge in [0, 0.05) is 22.2 Å². The van der Waals surface area contributed by atoms with E-state index < -0.39 is 0 Å². The Morgan fingerprint density at radius 2 is 1.73 bits per heavy atom. The number of aromatic nitrogens is 1. The minimum Gasteiger partial charge on any atom is -0.307 e. The molecule has 1 aromatic heterocycles. The first-order chi connectivity index (χ1) is 12.6. The summed E-state index contributed by atoms with van der Waals surface area (Å²) in [7, 11) is 0. The number of hydrogen-bond acceptors (Lipinski definition) is 4. The van der Waals surface area contributed by atoms with Gasteiger partial charge >= 0.3 is 0 Å². The Balaban J connectivity index is 1.63. The van der Waals surface area contributed by atoms with Crippen LogP contribution in [-0.2, 0) is 0 Å². The van der Waals surface area contributed by atoms with Crippen molar-refractivity contribution < 1.29 is 9.59 Å². The summed E-state index contributed by atoms with van der Waals surface area (Å²) < 4.78 is 0. The van der Waals surface area contributed by atoms with Gasteiger partial charge in [-0.15, -0.1) is 11.8 Å². The van der Waals surface area contributed by atoms with Crippen molar-refractivity contribution in [3.05, 3.63) is 89.6 Å². The van der Waals surface area contributed by atoms with Crippen molar-refractivity contribution in [1.82, 2.24) is 4.98 Å². The minimum absolute atomic E-state index is 0.0642. The van der Waals surface area contributed by atoms with Crippen LogP contribution < -0.4 is 5.32 Å². The van der Waals surface area contributed by atoms with Crippen molar-refractivity contribution in [1.29, 1.82) is 0 Å². The van der Waals surface area contributed by atoms with E-state index in [-0.39, 0.29) is 11.7 Å². The number of aryl methyl sites for hydroxylation is 1. The molecule has 26 heavy (non-hydrogen) atoms. The van der Waals surface area contributed by atoms with Crippen molar-refractivity contribution in [2.45, 2.75) is 11.8 Å². The van der Waals surface area contributed by atoms with Crippen LogP contribution in [0.2, 0.25) is 0 Å². The SMILES string of the molecule is Cc1ccc(NC(=O)c2cccc(SCC(=O)c3ccccc3)c2)nc1. The van der Waals surface area contributed by atoms with E-state index in [1.165, 1.54) is 11.8 Å². The molecule has 2 aromatic carbocycles. The normalized spacial score (nSPS) is 10.3. The zero-order valence-corrected chi connectivity index (χ0v) is 15.1. The second-order valence-electron chi connectivity index (χ2n) is 5.78. The molecule has 0 saturated carbocycles. The predicted octanol–water partition coefficient (Wildman–Crippen LogP) is 4.62. The van der Waals surface area contributed by atoms with E-state index in [1.807, 2.05) is 43.3 Å². The zero-order chi connectivity index (χ0) is 18.4. The molecule has 0 atom stereocenters. The molecule has 0 aliphatic heterocycles. The number of amides is 1. The van der Waals surface area contributed by atoms with Gasteiger partial charge in [-0.2, -0.15) is 0 Å². The molecule has 0 fully saturated rings. The van der Waals surface area contributed by atoms with Crippen LogP contribution in [0.25, 0.3) is 0 Å². The Kier molecular flexibility index (Phi) is 5.81. The smallest absolute Gasteiger partial charge is 0.256 e. The molecular weight excluding hydrogens is 344 g/mol. The van der Waals surface area contributed by atoms with Gasteiger partial charge in [0.25, 0.3) is 5.91 Å². The van der Waals surface area contributed by atoms with Crippen LogP contribution in [0.15, 0.2) is 77.8 Å². The highest BCUT2D eigenvalue weighted by Crippen LogP contribution is 2.21. The number of nitrogens with zero attached hydrogens (tertiary/aromatic N) is 1. The number of hydrogen-bond donors (Lipinski definition) is 1. The highest BCUT2D eigenvalue weighted by atomic mass is 32.2. The van der Waals surface area contributed by atoms with Crippen LogP contribution in [0.1, 0.15) is 26.3 Å². The van der Waals surface area contributed by atoms with E-state index in [0.717, 1.165) is 10.5 Å². The Labute approximate surface area is 156 Å². The van der Waals surface area contributed by atoms with Gasteiger partial charge < -0.3 is 5.32 Å². The second kappa shape index (κ2) is 8.45. The highest BCUT2D eigenvalue weighted by Gasteiger charge is 2.10. The standard InChI is InChI=1S/C21H18N2O2S/c1-15-10-11-20(22-13-15)23-21(25)17-8-5-9-18(12-17)26-14-19(24)16-6-3-2-4-7-16/h2-13H,14H2,1H3,(H,22,23,25). The number of anilines is 1. The number of rotatable bonds is 6. The fourth-order valence-electron chi connectivity index (χ4n) is 2.31. The minimum atomic E-state index is -0.224. The van der Waals surface area contributed by atoms with E-state index in [9.17, 15) is 9.59 Å². The molecule has 4 nitrogen and oxygen atoms in total. The molecule has 130 valence electrons. The summed E-state index contributed by atoms with van der Waals surface area (Å²) in [5.41, 5.74) is 2.26. The summed E-state index contributed by atoms with van der Waals surface area (Å²) >= 11 is 1.42. The van der Waals surface area contributed by atoms with Crippen LogP contribution in [0.3, 0.4) is 0 Å². The molecule has 0 unspecified atom stereocenters. The number of carbonyl (C=O) groups is 2. The molecule has 5 heteroatoms. The Hall–Kier alpha value is -2.92. The van der Waals surface area contributed by atoms with Gasteiger partial charge in [0.05, 0.1) is 5.75 Å². The third kappa shape index (κ3) is 4.80. The fraction of sp³-hybridized carbons (Fsp3) is 0.0952. The summed E-state index contributed by atoms with van der Waals surface area (Å²) in [4.78, 5) is 29.6. The topological polar surface area (TPSA) is 59.1 Å². The van der Waals surface area contributed by atoms with E-state index in [2.05, 4.69) is 10.3 Å². The quantitative estimate of drug-likeness (QED) is 0.513. The number of pyridine rings is 1. The summed E-state index contributed by atoms with van der Waals surface area (Å²) in [6.45, 7) is 1.94. The number of Topliss-reactive ketones (excluding diaryl/α,β-unsaturated/α-hetero) is 1. The second-order valence-corrected chi connectivity index (χ2v) is 6.83. The van der Waals surface area contributed by atoms with E-state index >= 15 is 0 Å². The monoisotopic (exact) mass is 362 g/mol. The molecule has 0 aliphatic carbocycles. The maximum atomic E-state index is 12.4. The number of ketones is 1. The predicted molar refractivity (Wildman–Crippen MR) is 105 cm³/mol. The van der Waals surface area contributed by atoms with Crippen molar-refractivity contribution in [3.63, 3.8) is 0 Å². The number of thioether (sulfide) groups is 1. The van der Waals surface area contributed by atoms with Gasteiger partial charge in [-0.3, -0.25) is 9.59 Å². The number of nitrogens with one attached hydrogen (secondary N) is 1. The highest BCUT2D eigenvalue weighted by molar-refractivity contribution is 8.00. The maximum absolute atomic E-state index is 12.4. The molecule has 1 N–H and O–H groups in total. The molecular formula is C21H18N2O2S. The lowest BCUT2D eigenvalue weighted by molar-refractivity contribution is 0.101. The number of carbonyl (C=O) groups excluding carboxylic acids is 2. The van der Waals surface area contributed by atoms with Gasteiger partial charge in [-0.05, 0) is 36.8 Å². The Morgan fingerprint density at radius 1 is 0.962 bits per heavy atom. The summed E-state index contributed by atoms with van der Waals surface area (Å²) in [5, 5.41) is 2.78. The maximum Gasteiger partial charge on any atom is 0.256 e. The van der Waals surface area contributed by atoms with Crippen molar-refractivity contribution in [2.75, 3.05) is 11.1 Å². The zero-order valence-electron chi connectivity index (χ0n) is 14.3. The third-order valence-corrected chi connectivity index (χ3v) is 4.71. The molecule has 3 aromatic rings. The average molecular weight is 362 g/mol. The first-order valence-corrected chi connectivity index (χ1v) is 9.15. The molecule has 0 saturated heterocycles. The molecule has 0 spiro atoms. The van der Waals surface area contributed by atoms with Crippen LogP contribution in [-0.4, -0.2) is 22.4 Å². The molecule has 1 amide bonds. The largest absolute Gasteiger partial charge is 0.307 e. The fourth-order valence-corrected chi connectivity index (χ4v) is 3.16. The van der Waals surface area contributed by atoms with E-state index in [4.69, 9.17) is 0 Å². The van der Waals surface area contributed by atoms with Gasteiger partial charge in [0.15, 0.2) is 5.78 Å². The lowest BCUT2D eigenvalue weighted by Crippen LogP contribution is -2.13. The van der Waals surface area contributed by atoms with E-state index in [0.29, 0.717) is 22.7 Å². The van der Waals surface area contributed by atoms with Gasteiger partial charge in [0.1, 0.15) is 5.82 Å². The van der Waals surface area contributed by atoms with Crippen LogP contribution in [0, 0.1) is 6.92 Å². The van der Waals surface area contributed by atoms with Crippen LogP contribution in [0.4, 0.5) is 5.82 Å². The third-order valence-electron chi connectivity index (χ3n) is 3.71. The van der Waals surface area contributed by atoms with Crippen molar-refractivity contribution in [3.8, 4) is 0 Å².